The molecule has 0 aromatic rings. The number of carboxylic acid groups (broad SMARTS) is 1. The van der Waals surface area contributed by atoms with E-state index in [2.05, 4.69) is 5.32 Å². The van der Waals surface area contributed by atoms with Crippen molar-refractivity contribution >= 4 is 29.7 Å². The van der Waals surface area contributed by atoms with Gasteiger partial charge in [0.25, 0.3) is 0 Å². The summed E-state index contributed by atoms with van der Waals surface area (Å²) in [6.07, 6.45) is 2.74. The van der Waals surface area contributed by atoms with E-state index in [1.54, 1.807) is 6.92 Å². The average Bonchev–Trinajstić information content (AvgIpc) is 2.78. The Morgan fingerprint density at radius 1 is 1.50 bits per heavy atom. The van der Waals surface area contributed by atoms with Gasteiger partial charge in [-0.15, -0.1) is 0 Å². The quantitative estimate of drug-likeness (QED) is 0.644. The van der Waals surface area contributed by atoms with Gasteiger partial charge in [0.2, 0.25) is 5.91 Å². The Morgan fingerprint density at radius 2 is 2.15 bits per heavy atom. The number of nitrogens with one attached hydrogen (secondary N) is 1. The standard InChI is InChI=1S/C12H21N3O4S/c1-12(10(13)18)4-5-15(7-12)11(19)14-8(9(16)17)3-6-20-2/h8H,3-7H2,1-2H3,(H2,13,18)(H,14,19)(H,16,17). The highest BCUT2D eigenvalue weighted by atomic mass is 32.2. The van der Waals surface area contributed by atoms with Crippen molar-refractivity contribution in [3.63, 3.8) is 0 Å². The molecule has 1 saturated heterocycles. The number of hydrogen-bond donors (Lipinski definition) is 3. The summed E-state index contributed by atoms with van der Waals surface area (Å²) >= 11 is 1.52. The van der Waals surface area contributed by atoms with E-state index in [4.69, 9.17) is 10.8 Å². The first-order chi connectivity index (χ1) is 9.30. The smallest absolute Gasteiger partial charge is 0.326 e. The van der Waals surface area contributed by atoms with E-state index < -0.39 is 29.4 Å². The summed E-state index contributed by atoms with van der Waals surface area (Å²) in [7, 11) is 0. The summed E-state index contributed by atoms with van der Waals surface area (Å²) in [5.74, 6) is -0.842. The van der Waals surface area contributed by atoms with Crippen LogP contribution in [0.15, 0.2) is 0 Å². The molecule has 2 atom stereocenters. The van der Waals surface area contributed by atoms with Crippen molar-refractivity contribution in [1.82, 2.24) is 10.2 Å². The molecule has 1 aliphatic heterocycles. The highest BCUT2D eigenvalue weighted by Crippen LogP contribution is 2.29. The lowest BCUT2D eigenvalue weighted by molar-refractivity contribution is -0.139. The number of amides is 3. The van der Waals surface area contributed by atoms with Gasteiger partial charge in [0.15, 0.2) is 0 Å². The minimum Gasteiger partial charge on any atom is -0.480 e. The molecular formula is C12H21N3O4S. The summed E-state index contributed by atoms with van der Waals surface area (Å²) in [5.41, 5.74) is 4.59. The van der Waals surface area contributed by atoms with Crippen LogP contribution in [0, 0.1) is 5.41 Å². The molecule has 1 fully saturated rings. The fourth-order valence-electron chi connectivity index (χ4n) is 2.07. The van der Waals surface area contributed by atoms with Crippen LogP contribution in [0.1, 0.15) is 19.8 Å². The largest absolute Gasteiger partial charge is 0.480 e. The van der Waals surface area contributed by atoms with Gasteiger partial charge in [-0.05, 0) is 31.8 Å². The van der Waals surface area contributed by atoms with Crippen LogP contribution >= 0.6 is 11.8 Å². The number of nitrogens with zero attached hydrogens (tertiary/aromatic N) is 1. The monoisotopic (exact) mass is 303 g/mol. The van der Waals surface area contributed by atoms with Gasteiger partial charge in [0.1, 0.15) is 6.04 Å². The van der Waals surface area contributed by atoms with Gasteiger partial charge in [-0.3, -0.25) is 4.79 Å². The Hall–Kier alpha value is -1.44. The van der Waals surface area contributed by atoms with Crippen LogP contribution in [0.25, 0.3) is 0 Å². The van der Waals surface area contributed by atoms with Gasteiger partial charge in [-0.25, -0.2) is 9.59 Å². The van der Waals surface area contributed by atoms with Crippen molar-refractivity contribution in [3.8, 4) is 0 Å². The first kappa shape index (κ1) is 16.6. The first-order valence-electron chi connectivity index (χ1n) is 6.37. The molecule has 8 heteroatoms. The Labute approximate surface area is 122 Å². The maximum atomic E-state index is 12.0. The number of carbonyl (C=O) groups excluding carboxylic acids is 2. The van der Waals surface area contributed by atoms with E-state index in [0.717, 1.165) is 0 Å². The molecule has 1 aliphatic rings. The van der Waals surface area contributed by atoms with Crippen molar-refractivity contribution in [2.45, 2.75) is 25.8 Å². The number of thioether (sulfide) groups is 1. The summed E-state index contributed by atoms with van der Waals surface area (Å²) in [6, 6.07) is -1.36. The second-order valence-electron chi connectivity index (χ2n) is 5.22. The molecule has 4 N–H and O–H groups in total. The lowest BCUT2D eigenvalue weighted by Crippen LogP contribution is -2.48. The van der Waals surface area contributed by atoms with Gasteiger partial charge in [0, 0.05) is 13.1 Å². The van der Waals surface area contributed by atoms with Gasteiger partial charge in [-0.2, -0.15) is 11.8 Å². The lowest BCUT2D eigenvalue weighted by atomic mass is 9.89. The molecule has 0 aromatic heterocycles. The number of aliphatic carboxylic acids is 1. The molecule has 0 aromatic carbocycles. The molecule has 2 unspecified atom stereocenters. The van der Waals surface area contributed by atoms with E-state index in [1.807, 2.05) is 6.26 Å². The summed E-state index contributed by atoms with van der Waals surface area (Å²) in [5, 5.41) is 11.6. The number of carbonyl (C=O) groups is 3. The fourth-order valence-corrected chi connectivity index (χ4v) is 2.54. The fraction of sp³-hybridized carbons (Fsp3) is 0.750. The highest BCUT2D eigenvalue weighted by molar-refractivity contribution is 7.98. The molecule has 3 amide bonds. The number of nitrogens with two attached hydrogens (primary N) is 1. The Morgan fingerprint density at radius 3 is 2.60 bits per heavy atom. The molecule has 0 aliphatic carbocycles. The Balaban J connectivity index is 2.58. The number of rotatable bonds is 6. The molecule has 0 bridgehead atoms. The third kappa shape index (κ3) is 4.03. The normalized spacial score (nSPS) is 23.4. The maximum absolute atomic E-state index is 12.0. The zero-order valence-electron chi connectivity index (χ0n) is 11.7. The van der Waals surface area contributed by atoms with Crippen molar-refractivity contribution < 1.29 is 19.5 Å². The van der Waals surface area contributed by atoms with E-state index >= 15 is 0 Å². The molecule has 0 saturated carbocycles. The minimum atomic E-state index is -1.05. The molecule has 20 heavy (non-hydrogen) atoms. The van der Waals surface area contributed by atoms with Crippen LogP contribution < -0.4 is 11.1 Å². The SMILES string of the molecule is CSCCC(NC(=O)N1CCC(C)(C(N)=O)C1)C(=O)O. The second kappa shape index (κ2) is 6.83. The van der Waals surface area contributed by atoms with Crippen LogP contribution in [-0.4, -0.2) is 59.1 Å². The minimum absolute atomic E-state index is 0.225. The van der Waals surface area contributed by atoms with Crippen LogP contribution in [0.2, 0.25) is 0 Å². The lowest BCUT2D eigenvalue weighted by Gasteiger charge is -2.23. The van der Waals surface area contributed by atoms with Crippen LogP contribution in [0.4, 0.5) is 4.79 Å². The summed E-state index contributed by atoms with van der Waals surface area (Å²) < 4.78 is 0. The van der Waals surface area contributed by atoms with Gasteiger partial charge < -0.3 is 21.1 Å². The molecule has 0 spiro atoms. The number of hydrogen-bond acceptors (Lipinski definition) is 4. The van der Waals surface area contributed by atoms with Crippen LogP contribution in [0.3, 0.4) is 0 Å². The van der Waals surface area contributed by atoms with Crippen molar-refractivity contribution in [3.05, 3.63) is 0 Å². The predicted molar refractivity (Wildman–Crippen MR) is 76.4 cm³/mol. The third-order valence-electron chi connectivity index (χ3n) is 3.56. The van der Waals surface area contributed by atoms with Crippen LogP contribution in [-0.2, 0) is 9.59 Å². The zero-order valence-corrected chi connectivity index (χ0v) is 12.5. The van der Waals surface area contributed by atoms with Gasteiger partial charge >= 0.3 is 12.0 Å². The third-order valence-corrected chi connectivity index (χ3v) is 4.21. The van der Waals surface area contributed by atoms with Crippen molar-refractivity contribution in [1.29, 1.82) is 0 Å². The molecular weight excluding hydrogens is 282 g/mol. The first-order valence-corrected chi connectivity index (χ1v) is 7.76. The van der Waals surface area contributed by atoms with Crippen molar-refractivity contribution in [2.75, 3.05) is 25.1 Å². The van der Waals surface area contributed by atoms with E-state index in [0.29, 0.717) is 25.1 Å². The molecule has 114 valence electrons. The molecule has 0 radical (unpaired) electrons. The number of urea groups is 1. The molecule has 1 heterocycles. The molecule has 1 rings (SSSR count). The number of primary amides is 1. The van der Waals surface area contributed by atoms with Crippen molar-refractivity contribution in [2.24, 2.45) is 11.1 Å². The maximum Gasteiger partial charge on any atom is 0.326 e. The molecule has 7 nitrogen and oxygen atoms in total. The predicted octanol–water partition coefficient (Wildman–Crippen LogP) is 0.0996. The van der Waals surface area contributed by atoms with E-state index in [9.17, 15) is 14.4 Å². The van der Waals surface area contributed by atoms with Gasteiger partial charge in [-0.1, -0.05) is 0 Å². The summed E-state index contributed by atoms with van der Waals surface area (Å²) in [4.78, 5) is 35.9. The number of carboxylic acids is 1. The van der Waals surface area contributed by atoms with Crippen LogP contribution in [0.5, 0.6) is 0 Å². The zero-order chi connectivity index (χ0) is 15.3. The highest BCUT2D eigenvalue weighted by Gasteiger charge is 2.41. The van der Waals surface area contributed by atoms with E-state index in [-0.39, 0.29) is 6.54 Å². The Kier molecular flexibility index (Phi) is 5.67. The topological polar surface area (TPSA) is 113 Å². The average molecular weight is 303 g/mol. The Bertz CT molecular complexity index is 404. The second-order valence-corrected chi connectivity index (χ2v) is 6.20. The van der Waals surface area contributed by atoms with Gasteiger partial charge in [0.05, 0.1) is 5.41 Å². The summed E-state index contributed by atoms with van der Waals surface area (Å²) in [6.45, 7) is 2.34. The van der Waals surface area contributed by atoms with E-state index in [1.165, 1.54) is 16.7 Å². The number of likely N-dealkylation sites (tertiary alicyclic amines) is 1.